The van der Waals surface area contributed by atoms with E-state index in [-0.39, 0.29) is 0 Å². The molecule has 16 heavy (non-hydrogen) atoms. The van der Waals surface area contributed by atoms with Gasteiger partial charge in [0, 0.05) is 0 Å². The summed E-state index contributed by atoms with van der Waals surface area (Å²) in [4.78, 5) is 0. The van der Waals surface area contributed by atoms with Crippen LogP contribution in [-0.2, 0) is 0 Å². The Hall–Kier alpha value is -0.440. The number of hydrogen-bond acceptors (Lipinski definition) is 0. The molecule has 0 fully saturated rings. The molecule has 2 heterocycles. The molecule has 0 amide bonds. The largest absolute Gasteiger partial charge is 0.483 e. The van der Waals surface area contributed by atoms with Crippen molar-refractivity contribution in [3.63, 3.8) is 0 Å². The Morgan fingerprint density at radius 3 is 1.31 bits per heavy atom. The van der Waals surface area contributed by atoms with Crippen LogP contribution in [0.1, 0.15) is 27.7 Å². The molecular formula is C14H16P2-2. The molecule has 2 rings (SSSR count). The van der Waals surface area contributed by atoms with E-state index in [0.717, 1.165) is 0 Å². The standard InChI is InChI=1S/C14H16P2/c1-9-5-13(15-7-11(9)3)14-6-10(2)12(4)8-16-14/h5-8H,1-4H3/q-2/b14-13-. The Balaban J connectivity index is 2.34. The lowest BCUT2D eigenvalue weighted by Gasteiger charge is -2.35. The van der Waals surface area contributed by atoms with Gasteiger partial charge in [0.15, 0.2) is 0 Å². The Labute approximate surface area is 102 Å². The Morgan fingerprint density at radius 1 is 0.625 bits per heavy atom. The fourth-order valence-electron chi connectivity index (χ4n) is 1.53. The van der Waals surface area contributed by atoms with Crippen molar-refractivity contribution >= 4 is 17.2 Å². The van der Waals surface area contributed by atoms with Gasteiger partial charge in [0.1, 0.15) is 0 Å². The van der Waals surface area contributed by atoms with Crippen molar-refractivity contribution in [1.82, 2.24) is 0 Å². The summed E-state index contributed by atoms with van der Waals surface area (Å²) >= 11 is 0. The smallest absolute Gasteiger partial charge is 0.0397 e. The second-order valence-electron chi connectivity index (χ2n) is 4.31. The van der Waals surface area contributed by atoms with Crippen molar-refractivity contribution in [3.05, 3.63) is 56.7 Å². The van der Waals surface area contributed by atoms with Crippen LogP contribution in [0.2, 0.25) is 0 Å². The highest BCUT2D eigenvalue weighted by molar-refractivity contribution is 7.51. The second-order valence-corrected chi connectivity index (χ2v) is 6.30. The molecule has 2 heteroatoms. The molecule has 0 spiro atoms. The summed E-state index contributed by atoms with van der Waals surface area (Å²) in [5.74, 6) is 4.61. The van der Waals surface area contributed by atoms with Crippen molar-refractivity contribution in [3.8, 4) is 0 Å². The summed E-state index contributed by atoms with van der Waals surface area (Å²) < 4.78 is 0. The zero-order chi connectivity index (χ0) is 11.7. The predicted molar refractivity (Wildman–Crippen MR) is 75.9 cm³/mol. The molecule has 0 unspecified atom stereocenters. The summed E-state index contributed by atoms with van der Waals surface area (Å²) in [7, 11) is 2.68. The van der Waals surface area contributed by atoms with E-state index in [9.17, 15) is 0 Å². The zero-order valence-electron chi connectivity index (χ0n) is 10.2. The van der Waals surface area contributed by atoms with E-state index in [1.807, 2.05) is 0 Å². The quantitative estimate of drug-likeness (QED) is 0.472. The monoisotopic (exact) mass is 246 g/mol. The van der Waals surface area contributed by atoms with Gasteiger partial charge in [-0.25, -0.2) is 22.3 Å². The maximum atomic E-state index is 2.33. The van der Waals surface area contributed by atoms with Gasteiger partial charge in [-0.2, -0.15) is 0 Å². The first-order valence-corrected chi connectivity index (χ1v) is 7.37. The van der Waals surface area contributed by atoms with E-state index in [1.54, 1.807) is 0 Å². The van der Waals surface area contributed by atoms with E-state index in [1.165, 1.54) is 50.1 Å². The maximum absolute atomic E-state index is 2.33. The fraction of sp³-hybridized carbons (Fsp3) is 0.286. The third kappa shape index (κ3) is 2.45. The van der Waals surface area contributed by atoms with Gasteiger partial charge in [0.05, 0.1) is 0 Å². The minimum absolute atomic E-state index is 1.34. The van der Waals surface area contributed by atoms with Crippen LogP contribution in [0.25, 0.3) is 0 Å². The van der Waals surface area contributed by atoms with Gasteiger partial charge in [-0.3, -0.25) is 0 Å². The Morgan fingerprint density at radius 2 is 1.00 bits per heavy atom. The average Bonchev–Trinajstić information content (AvgIpc) is 2.26. The highest BCUT2D eigenvalue weighted by Gasteiger charge is 1.97. The minimum Gasteiger partial charge on any atom is -0.483 e. The van der Waals surface area contributed by atoms with E-state index in [2.05, 4.69) is 51.5 Å². The van der Waals surface area contributed by atoms with Gasteiger partial charge >= 0.3 is 0 Å². The van der Waals surface area contributed by atoms with Crippen molar-refractivity contribution < 1.29 is 0 Å². The van der Waals surface area contributed by atoms with Crippen LogP contribution in [-0.4, -0.2) is 0 Å². The van der Waals surface area contributed by atoms with Gasteiger partial charge in [-0.1, -0.05) is 34.4 Å². The molecule has 0 aromatic rings. The van der Waals surface area contributed by atoms with Gasteiger partial charge in [0.2, 0.25) is 0 Å². The van der Waals surface area contributed by atoms with Crippen LogP contribution >= 0.6 is 17.2 Å². The molecule has 0 radical (unpaired) electrons. The summed E-state index contributed by atoms with van der Waals surface area (Å²) in [6.07, 6.45) is 4.66. The van der Waals surface area contributed by atoms with Crippen LogP contribution in [0.3, 0.4) is 0 Å². The van der Waals surface area contributed by atoms with Crippen LogP contribution in [0.4, 0.5) is 0 Å². The number of allylic oxidation sites excluding steroid dienone is 8. The Bertz CT molecular complexity index is 427. The first-order chi connectivity index (χ1) is 7.58. The van der Waals surface area contributed by atoms with Gasteiger partial charge in [-0.15, -0.1) is 0 Å². The average molecular weight is 246 g/mol. The van der Waals surface area contributed by atoms with E-state index >= 15 is 0 Å². The molecule has 84 valence electrons. The lowest BCUT2D eigenvalue weighted by Crippen LogP contribution is -1.90. The predicted octanol–water partition coefficient (Wildman–Crippen LogP) is 5.82. The van der Waals surface area contributed by atoms with Crippen LogP contribution < -0.4 is 0 Å². The van der Waals surface area contributed by atoms with E-state index < -0.39 is 0 Å². The first-order valence-electron chi connectivity index (χ1n) is 5.45. The summed E-state index contributed by atoms with van der Waals surface area (Å²) in [5, 5.41) is 2.90. The molecule has 0 aromatic carbocycles. The van der Waals surface area contributed by atoms with Gasteiger partial charge < -0.3 is 17.2 Å². The van der Waals surface area contributed by atoms with Crippen molar-refractivity contribution in [1.29, 1.82) is 0 Å². The topological polar surface area (TPSA) is 0 Å². The second kappa shape index (κ2) is 4.82. The summed E-state index contributed by atoms with van der Waals surface area (Å²) in [6.45, 7) is 8.75. The van der Waals surface area contributed by atoms with Crippen molar-refractivity contribution in [2.45, 2.75) is 27.7 Å². The van der Waals surface area contributed by atoms with Crippen LogP contribution in [0, 0.1) is 0 Å². The molecule has 0 aromatic heterocycles. The molecule has 0 saturated carbocycles. The SMILES string of the molecule is CC1=C[P-]/C(=C2/C=C(C)C(C)=C[P-]2)C=C1C. The molecule has 0 aliphatic carbocycles. The molecule has 0 N–H and O–H groups in total. The minimum atomic E-state index is 1.34. The molecule has 0 atom stereocenters. The molecular weight excluding hydrogens is 230 g/mol. The lowest BCUT2D eigenvalue weighted by molar-refractivity contribution is 1.33. The maximum Gasteiger partial charge on any atom is -0.0397 e. The molecule has 0 bridgehead atoms. The zero-order valence-corrected chi connectivity index (χ0v) is 12.0. The lowest BCUT2D eigenvalue weighted by atomic mass is 10.1. The van der Waals surface area contributed by atoms with Crippen molar-refractivity contribution in [2.75, 3.05) is 0 Å². The molecule has 2 aliphatic heterocycles. The first kappa shape index (κ1) is 12.0. The number of hydrogen-bond donors (Lipinski definition) is 0. The fourth-order valence-corrected chi connectivity index (χ4v) is 3.88. The van der Waals surface area contributed by atoms with Crippen LogP contribution in [0.5, 0.6) is 0 Å². The summed E-state index contributed by atoms with van der Waals surface area (Å²) in [5.41, 5.74) is 5.61. The van der Waals surface area contributed by atoms with Crippen LogP contribution in [0.15, 0.2) is 56.7 Å². The molecule has 2 aliphatic rings. The molecule has 0 nitrogen and oxygen atoms in total. The van der Waals surface area contributed by atoms with Gasteiger partial charge in [-0.05, 0) is 27.7 Å². The van der Waals surface area contributed by atoms with E-state index in [4.69, 9.17) is 0 Å². The highest BCUT2D eigenvalue weighted by Crippen LogP contribution is 2.46. The van der Waals surface area contributed by atoms with Gasteiger partial charge in [0.25, 0.3) is 0 Å². The molecule has 0 saturated heterocycles. The third-order valence-electron chi connectivity index (χ3n) is 3.01. The highest BCUT2D eigenvalue weighted by atomic mass is 31.1. The Kier molecular flexibility index (Phi) is 3.63. The number of rotatable bonds is 0. The summed E-state index contributed by atoms with van der Waals surface area (Å²) in [6, 6.07) is 0. The normalized spacial score (nSPS) is 28.8. The van der Waals surface area contributed by atoms with E-state index in [0.29, 0.717) is 0 Å². The third-order valence-corrected chi connectivity index (χ3v) is 5.51. The van der Waals surface area contributed by atoms with Crippen molar-refractivity contribution in [2.24, 2.45) is 0 Å².